The van der Waals surface area contributed by atoms with E-state index in [4.69, 9.17) is 16.3 Å². The summed E-state index contributed by atoms with van der Waals surface area (Å²) < 4.78 is 5.82. The van der Waals surface area contributed by atoms with E-state index in [1.165, 1.54) is 5.56 Å². The third-order valence-electron chi connectivity index (χ3n) is 3.98. The van der Waals surface area contributed by atoms with Gasteiger partial charge in [0.15, 0.2) is 0 Å². The number of benzene rings is 2. The van der Waals surface area contributed by atoms with E-state index < -0.39 is 5.60 Å². The molecule has 0 saturated heterocycles. The molecule has 0 radical (unpaired) electrons. The summed E-state index contributed by atoms with van der Waals surface area (Å²) in [6.45, 7) is 2.57. The molecule has 3 rings (SSSR count). The number of rotatable bonds is 3. The van der Waals surface area contributed by atoms with Crippen LogP contribution in [0.3, 0.4) is 0 Å². The van der Waals surface area contributed by atoms with E-state index in [1.54, 1.807) is 0 Å². The molecule has 3 heteroatoms. The first-order chi connectivity index (χ1) is 10.1. The van der Waals surface area contributed by atoms with Crippen LogP contribution in [0, 0.1) is 0 Å². The Morgan fingerprint density at radius 3 is 2.71 bits per heavy atom. The van der Waals surface area contributed by atoms with Gasteiger partial charge in [0.1, 0.15) is 5.75 Å². The number of halogens is 1. The molecule has 1 N–H and O–H groups in total. The maximum absolute atomic E-state index is 11.0. The van der Waals surface area contributed by atoms with E-state index in [0.29, 0.717) is 11.4 Å². The van der Waals surface area contributed by atoms with Gasteiger partial charge in [-0.25, -0.2) is 0 Å². The molecule has 1 unspecified atom stereocenters. The third kappa shape index (κ3) is 3.07. The first kappa shape index (κ1) is 14.4. The Bertz CT molecular complexity index is 632. The largest absolute Gasteiger partial charge is 0.493 e. The summed E-state index contributed by atoms with van der Waals surface area (Å²) >= 11 is 5.91. The summed E-state index contributed by atoms with van der Waals surface area (Å²) in [4.78, 5) is 0. The van der Waals surface area contributed by atoms with Crippen LogP contribution in [0.2, 0.25) is 5.02 Å². The van der Waals surface area contributed by atoms with Gasteiger partial charge in [0.25, 0.3) is 0 Å². The number of fused-ring (bicyclic) bond motifs is 1. The summed E-state index contributed by atoms with van der Waals surface area (Å²) in [7, 11) is 0. The van der Waals surface area contributed by atoms with Crippen LogP contribution in [-0.2, 0) is 18.4 Å². The van der Waals surface area contributed by atoms with Crippen molar-refractivity contribution in [2.75, 3.05) is 6.61 Å². The average molecular weight is 303 g/mol. The second kappa shape index (κ2) is 5.70. The van der Waals surface area contributed by atoms with Gasteiger partial charge >= 0.3 is 0 Å². The van der Waals surface area contributed by atoms with E-state index in [1.807, 2.05) is 43.3 Å². The Morgan fingerprint density at radius 1 is 1.19 bits per heavy atom. The lowest BCUT2D eigenvalue weighted by atomic mass is 9.86. The molecular formula is C18H19ClO2. The fourth-order valence-electron chi connectivity index (χ4n) is 2.91. The smallest absolute Gasteiger partial charge is 0.128 e. The highest BCUT2D eigenvalue weighted by Crippen LogP contribution is 2.37. The van der Waals surface area contributed by atoms with Gasteiger partial charge in [-0.3, -0.25) is 0 Å². The summed E-state index contributed by atoms with van der Waals surface area (Å²) in [5, 5.41) is 11.7. The minimum atomic E-state index is -0.962. The normalized spacial score (nSPS) is 16.7. The monoisotopic (exact) mass is 302 g/mol. The first-order valence-electron chi connectivity index (χ1n) is 7.28. The zero-order chi connectivity index (χ0) is 14.9. The van der Waals surface area contributed by atoms with Crippen LogP contribution in [-0.4, -0.2) is 11.7 Å². The van der Waals surface area contributed by atoms with Gasteiger partial charge in [-0.15, -0.1) is 0 Å². The minimum Gasteiger partial charge on any atom is -0.493 e. The number of ether oxygens (including phenoxy) is 1. The molecule has 2 aromatic rings. The van der Waals surface area contributed by atoms with E-state index >= 15 is 0 Å². The number of para-hydroxylation sites is 1. The van der Waals surface area contributed by atoms with Gasteiger partial charge in [-0.05, 0) is 43.0 Å². The molecule has 1 atom stereocenters. The fourth-order valence-corrected chi connectivity index (χ4v) is 3.03. The molecule has 0 spiro atoms. The second-order valence-electron chi connectivity index (χ2n) is 5.82. The molecule has 1 heterocycles. The van der Waals surface area contributed by atoms with Gasteiger partial charge in [-0.2, -0.15) is 0 Å². The van der Waals surface area contributed by atoms with Crippen LogP contribution in [0.15, 0.2) is 42.5 Å². The van der Waals surface area contributed by atoms with Crippen molar-refractivity contribution >= 4 is 11.6 Å². The Kier molecular flexibility index (Phi) is 3.92. The van der Waals surface area contributed by atoms with Crippen molar-refractivity contribution in [1.29, 1.82) is 0 Å². The molecule has 0 amide bonds. The van der Waals surface area contributed by atoms with Gasteiger partial charge in [0.2, 0.25) is 0 Å². The van der Waals surface area contributed by atoms with Crippen molar-refractivity contribution in [2.45, 2.75) is 31.8 Å². The summed E-state index contributed by atoms with van der Waals surface area (Å²) in [6.07, 6.45) is 2.58. The first-order valence-corrected chi connectivity index (χ1v) is 7.66. The second-order valence-corrected chi connectivity index (χ2v) is 6.26. The highest BCUT2D eigenvalue weighted by Gasteiger charge is 2.29. The lowest BCUT2D eigenvalue weighted by Gasteiger charge is -2.29. The van der Waals surface area contributed by atoms with E-state index in [0.717, 1.165) is 36.3 Å². The molecule has 110 valence electrons. The highest BCUT2D eigenvalue weighted by molar-refractivity contribution is 6.30. The Morgan fingerprint density at radius 2 is 1.95 bits per heavy atom. The molecule has 0 fully saturated rings. The fraction of sp³-hybridized carbons (Fsp3) is 0.333. The van der Waals surface area contributed by atoms with Gasteiger partial charge in [-0.1, -0.05) is 41.9 Å². The van der Waals surface area contributed by atoms with Crippen LogP contribution < -0.4 is 4.74 Å². The van der Waals surface area contributed by atoms with Gasteiger partial charge in [0.05, 0.1) is 12.2 Å². The summed E-state index contributed by atoms with van der Waals surface area (Å²) in [5.74, 6) is 0.864. The van der Waals surface area contributed by atoms with Crippen molar-refractivity contribution in [3.8, 4) is 5.75 Å². The maximum Gasteiger partial charge on any atom is 0.128 e. The van der Waals surface area contributed by atoms with Gasteiger partial charge in [0, 0.05) is 17.0 Å². The van der Waals surface area contributed by atoms with Crippen LogP contribution >= 0.6 is 11.6 Å². The lowest BCUT2D eigenvalue weighted by Crippen LogP contribution is -2.26. The van der Waals surface area contributed by atoms with E-state index in [2.05, 4.69) is 6.07 Å². The zero-order valence-electron chi connectivity index (χ0n) is 12.1. The van der Waals surface area contributed by atoms with Crippen molar-refractivity contribution in [1.82, 2.24) is 0 Å². The van der Waals surface area contributed by atoms with E-state index in [9.17, 15) is 5.11 Å². The SMILES string of the molecule is CC(O)(Cc1ccc(Cl)cc1)c1cccc2c1OCCC2. The Balaban J connectivity index is 1.92. The van der Waals surface area contributed by atoms with Crippen LogP contribution in [0.25, 0.3) is 0 Å². The predicted octanol–water partition coefficient (Wildman–Crippen LogP) is 4.12. The standard InChI is InChI=1S/C18H19ClO2/c1-18(20,12-13-7-9-15(19)10-8-13)16-6-2-4-14-5-3-11-21-17(14)16/h2,4,6-10,20H,3,5,11-12H2,1H3. The van der Waals surface area contributed by atoms with Crippen molar-refractivity contribution in [3.05, 3.63) is 64.2 Å². The Labute approximate surface area is 130 Å². The third-order valence-corrected chi connectivity index (χ3v) is 4.23. The zero-order valence-corrected chi connectivity index (χ0v) is 12.9. The van der Waals surface area contributed by atoms with Crippen LogP contribution in [0.4, 0.5) is 0 Å². The number of aliphatic hydroxyl groups is 1. The average Bonchev–Trinajstić information content (AvgIpc) is 2.49. The molecule has 0 aromatic heterocycles. The van der Waals surface area contributed by atoms with Gasteiger partial charge < -0.3 is 9.84 Å². The number of hydrogen-bond acceptors (Lipinski definition) is 2. The molecule has 0 aliphatic carbocycles. The van der Waals surface area contributed by atoms with Crippen LogP contribution in [0.5, 0.6) is 5.75 Å². The quantitative estimate of drug-likeness (QED) is 0.924. The van der Waals surface area contributed by atoms with Crippen molar-refractivity contribution < 1.29 is 9.84 Å². The maximum atomic E-state index is 11.0. The number of aryl methyl sites for hydroxylation is 1. The summed E-state index contributed by atoms with van der Waals surface area (Å²) in [5.41, 5.74) is 2.15. The van der Waals surface area contributed by atoms with Crippen molar-refractivity contribution in [3.63, 3.8) is 0 Å². The summed E-state index contributed by atoms with van der Waals surface area (Å²) in [6, 6.07) is 13.6. The van der Waals surface area contributed by atoms with E-state index in [-0.39, 0.29) is 0 Å². The molecule has 1 aliphatic rings. The molecule has 1 aliphatic heterocycles. The number of hydrogen-bond donors (Lipinski definition) is 1. The topological polar surface area (TPSA) is 29.5 Å². The molecule has 0 bridgehead atoms. The minimum absolute atomic E-state index is 0.532. The highest BCUT2D eigenvalue weighted by atomic mass is 35.5. The molecular weight excluding hydrogens is 284 g/mol. The molecule has 2 aromatic carbocycles. The Hall–Kier alpha value is -1.51. The van der Waals surface area contributed by atoms with Crippen molar-refractivity contribution in [2.24, 2.45) is 0 Å². The molecule has 21 heavy (non-hydrogen) atoms. The predicted molar refractivity (Wildman–Crippen MR) is 85.0 cm³/mol. The molecule has 0 saturated carbocycles. The molecule has 2 nitrogen and oxygen atoms in total. The van der Waals surface area contributed by atoms with Crippen LogP contribution in [0.1, 0.15) is 30.0 Å². The lowest BCUT2D eigenvalue weighted by molar-refractivity contribution is 0.0535.